The number of amides is 1. The van der Waals surface area contributed by atoms with Crippen molar-refractivity contribution < 1.29 is 4.79 Å². The van der Waals surface area contributed by atoms with Gasteiger partial charge in [-0.05, 0) is 40.0 Å². The summed E-state index contributed by atoms with van der Waals surface area (Å²) in [6.45, 7) is 7.36. The molecule has 0 radical (unpaired) electrons. The molecule has 0 aromatic rings. The third kappa shape index (κ3) is 1.18. The number of carbonyl (C=O) groups is 1. The van der Waals surface area contributed by atoms with Gasteiger partial charge in [0.25, 0.3) is 0 Å². The van der Waals surface area contributed by atoms with E-state index in [0.29, 0.717) is 5.91 Å². The average Bonchev–Trinajstić information content (AvgIpc) is 2.23. The van der Waals surface area contributed by atoms with Crippen LogP contribution in [-0.2, 0) is 4.79 Å². The number of carbonyl (C=O) groups excluding carboxylic acids is 1. The second-order valence-corrected chi connectivity index (χ2v) is 5.51. The minimum Gasteiger partial charge on any atom is -0.337 e. The molecule has 0 aromatic carbocycles. The summed E-state index contributed by atoms with van der Waals surface area (Å²) in [5.74, 6) is 0.422. The predicted molar refractivity (Wildman–Crippen MR) is 52.4 cm³/mol. The van der Waals surface area contributed by atoms with Crippen LogP contribution in [0.15, 0.2) is 0 Å². The van der Waals surface area contributed by atoms with Crippen molar-refractivity contribution >= 4 is 5.91 Å². The minimum absolute atomic E-state index is 0.0240. The van der Waals surface area contributed by atoms with Crippen LogP contribution in [0.2, 0.25) is 0 Å². The third-order valence-corrected chi connectivity index (χ3v) is 3.63. The Morgan fingerprint density at radius 1 is 1.23 bits per heavy atom. The first-order chi connectivity index (χ1) is 5.96. The molecule has 0 bridgehead atoms. The molecule has 1 saturated heterocycles. The van der Waals surface area contributed by atoms with E-state index in [1.807, 2.05) is 0 Å². The van der Waals surface area contributed by atoms with Gasteiger partial charge in [-0.15, -0.1) is 0 Å². The Bertz CT molecular complexity index is 235. The predicted octanol–water partition coefficient (Wildman–Crippen LogP) is 2.19. The van der Waals surface area contributed by atoms with E-state index in [2.05, 4.69) is 25.7 Å². The molecule has 2 rings (SSSR count). The molecule has 2 fully saturated rings. The second kappa shape index (κ2) is 2.49. The maximum Gasteiger partial charge on any atom is 0.229 e. The first-order valence-electron chi connectivity index (χ1n) is 5.28. The van der Waals surface area contributed by atoms with Crippen molar-refractivity contribution in [2.45, 2.75) is 52.0 Å². The monoisotopic (exact) mass is 181 g/mol. The fraction of sp³-hybridized carbons (Fsp3) is 0.909. The molecule has 1 spiro atoms. The highest BCUT2D eigenvalue weighted by Gasteiger charge is 2.52. The molecule has 1 saturated carbocycles. The van der Waals surface area contributed by atoms with Gasteiger partial charge in [-0.25, -0.2) is 0 Å². The Labute approximate surface area is 80.3 Å². The van der Waals surface area contributed by atoms with Crippen molar-refractivity contribution in [2.75, 3.05) is 6.54 Å². The van der Waals surface area contributed by atoms with E-state index in [4.69, 9.17) is 0 Å². The second-order valence-electron chi connectivity index (χ2n) is 5.51. The SMILES string of the molecule is CC(C)(C)N1CCC2(CCC2)C1=O. The molecule has 1 heterocycles. The lowest BCUT2D eigenvalue weighted by Crippen LogP contribution is -2.47. The third-order valence-electron chi connectivity index (χ3n) is 3.63. The van der Waals surface area contributed by atoms with E-state index in [0.717, 1.165) is 25.8 Å². The van der Waals surface area contributed by atoms with E-state index in [1.165, 1.54) is 6.42 Å². The van der Waals surface area contributed by atoms with Crippen molar-refractivity contribution in [3.63, 3.8) is 0 Å². The van der Waals surface area contributed by atoms with Crippen LogP contribution in [0.1, 0.15) is 46.5 Å². The van der Waals surface area contributed by atoms with E-state index in [-0.39, 0.29) is 11.0 Å². The normalized spacial score (nSPS) is 26.7. The molecule has 1 aliphatic heterocycles. The smallest absolute Gasteiger partial charge is 0.229 e. The highest BCUT2D eigenvalue weighted by atomic mass is 16.2. The van der Waals surface area contributed by atoms with Crippen LogP contribution in [0.25, 0.3) is 0 Å². The first-order valence-corrected chi connectivity index (χ1v) is 5.28. The number of hydrogen-bond donors (Lipinski definition) is 0. The zero-order chi connectivity index (χ0) is 9.69. The van der Waals surface area contributed by atoms with Gasteiger partial charge in [-0.3, -0.25) is 4.79 Å². The molecule has 0 N–H and O–H groups in total. The lowest BCUT2D eigenvalue weighted by Gasteiger charge is -2.39. The van der Waals surface area contributed by atoms with Crippen molar-refractivity contribution in [1.82, 2.24) is 4.90 Å². The van der Waals surface area contributed by atoms with E-state index in [9.17, 15) is 4.79 Å². The zero-order valence-corrected chi connectivity index (χ0v) is 8.89. The standard InChI is InChI=1S/C11H19NO/c1-10(2,3)12-8-7-11(9(12)13)5-4-6-11/h4-8H2,1-3H3. The summed E-state index contributed by atoms with van der Waals surface area (Å²) in [6, 6.07) is 0. The molecule has 1 amide bonds. The van der Waals surface area contributed by atoms with Crippen LogP contribution in [0.5, 0.6) is 0 Å². The van der Waals surface area contributed by atoms with Gasteiger partial charge in [0.05, 0.1) is 5.41 Å². The summed E-state index contributed by atoms with van der Waals surface area (Å²) >= 11 is 0. The number of nitrogens with zero attached hydrogens (tertiary/aromatic N) is 1. The fourth-order valence-electron chi connectivity index (χ4n) is 2.53. The van der Waals surface area contributed by atoms with Gasteiger partial charge >= 0.3 is 0 Å². The minimum atomic E-state index is 0.0240. The van der Waals surface area contributed by atoms with Crippen molar-refractivity contribution in [1.29, 1.82) is 0 Å². The molecule has 2 nitrogen and oxygen atoms in total. The lowest BCUT2D eigenvalue weighted by atomic mass is 9.68. The van der Waals surface area contributed by atoms with Gasteiger partial charge in [-0.1, -0.05) is 6.42 Å². The molecule has 1 aliphatic carbocycles. The Morgan fingerprint density at radius 3 is 2.08 bits per heavy atom. The van der Waals surface area contributed by atoms with Crippen molar-refractivity contribution in [2.24, 2.45) is 5.41 Å². The number of likely N-dealkylation sites (tertiary alicyclic amines) is 1. The zero-order valence-electron chi connectivity index (χ0n) is 8.89. The summed E-state index contributed by atoms with van der Waals surface area (Å²) in [7, 11) is 0. The van der Waals surface area contributed by atoms with Crippen LogP contribution in [-0.4, -0.2) is 22.9 Å². The van der Waals surface area contributed by atoms with Gasteiger partial charge in [0, 0.05) is 12.1 Å². The van der Waals surface area contributed by atoms with Crippen molar-refractivity contribution in [3.05, 3.63) is 0 Å². The van der Waals surface area contributed by atoms with E-state index < -0.39 is 0 Å². The van der Waals surface area contributed by atoms with E-state index in [1.54, 1.807) is 0 Å². The van der Waals surface area contributed by atoms with Crippen LogP contribution < -0.4 is 0 Å². The maximum atomic E-state index is 12.1. The highest BCUT2D eigenvalue weighted by Crippen LogP contribution is 2.50. The van der Waals surface area contributed by atoms with Crippen LogP contribution in [0, 0.1) is 5.41 Å². The summed E-state index contributed by atoms with van der Waals surface area (Å²) < 4.78 is 0. The molecular weight excluding hydrogens is 162 g/mol. The molecule has 2 heteroatoms. The average molecular weight is 181 g/mol. The van der Waals surface area contributed by atoms with Gasteiger partial charge in [0.1, 0.15) is 0 Å². The summed E-state index contributed by atoms with van der Waals surface area (Å²) in [4.78, 5) is 14.1. The number of hydrogen-bond acceptors (Lipinski definition) is 1. The molecule has 0 atom stereocenters. The number of rotatable bonds is 0. The quantitative estimate of drug-likeness (QED) is 0.561. The Kier molecular flexibility index (Phi) is 1.73. The molecule has 13 heavy (non-hydrogen) atoms. The molecular formula is C11H19NO. The summed E-state index contributed by atoms with van der Waals surface area (Å²) in [5.41, 5.74) is 0.115. The largest absolute Gasteiger partial charge is 0.337 e. The van der Waals surface area contributed by atoms with Crippen molar-refractivity contribution in [3.8, 4) is 0 Å². The maximum absolute atomic E-state index is 12.1. The Hall–Kier alpha value is -0.530. The molecule has 74 valence electrons. The van der Waals surface area contributed by atoms with Crippen LogP contribution >= 0.6 is 0 Å². The Balaban J connectivity index is 2.16. The highest BCUT2D eigenvalue weighted by molar-refractivity contribution is 5.86. The van der Waals surface area contributed by atoms with E-state index >= 15 is 0 Å². The fourth-order valence-corrected chi connectivity index (χ4v) is 2.53. The molecule has 0 unspecified atom stereocenters. The summed E-state index contributed by atoms with van der Waals surface area (Å²) in [6.07, 6.45) is 4.63. The molecule has 0 aromatic heterocycles. The first kappa shape index (κ1) is 9.04. The topological polar surface area (TPSA) is 20.3 Å². The Morgan fingerprint density at radius 2 is 1.85 bits per heavy atom. The van der Waals surface area contributed by atoms with Gasteiger partial charge in [0.15, 0.2) is 0 Å². The van der Waals surface area contributed by atoms with Gasteiger partial charge in [0.2, 0.25) is 5.91 Å². The summed E-state index contributed by atoms with van der Waals surface area (Å²) in [5, 5.41) is 0. The lowest BCUT2D eigenvalue weighted by molar-refractivity contribution is -0.143. The molecule has 2 aliphatic rings. The van der Waals surface area contributed by atoms with Gasteiger partial charge in [-0.2, -0.15) is 0 Å². The van der Waals surface area contributed by atoms with Crippen LogP contribution in [0.4, 0.5) is 0 Å². The van der Waals surface area contributed by atoms with Gasteiger partial charge < -0.3 is 4.90 Å². The van der Waals surface area contributed by atoms with Crippen LogP contribution in [0.3, 0.4) is 0 Å².